The van der Waals surface area contributed by atoms with Gasteiger partial charge >= 0.3 is 17.1 Å². The minimum Gasteiger partial charge on any atom is -0.741 e. The van der Waals surface area contributed by atoms with Gasteiger partial charge in [-0.15, -0.1) is 10.2 Å². The minimum atomic E-state index is -2.22. The van der Waals surface area contributed by atoms with E-state index in [2.05, 4.69) is 104 Å². The molecule has 1 amide bonds. The number of carbonyl (C=O) groups excluding carboxylic acids is 1. The van der Waals surface area contributed by atoms with Crippen LogP contribution in [-0.4, -0.2) is 41.0 Å². The third-order valence-electron chi connectivity index (χ3n) is 7.50. The monoisotopic (exact) mass is 763 g/mol. The number of carbonyl (C=O) groups is 1. The summed E-state index contributed by atoms with van der Waals surface area (Å²) in [6, 6.07) is 48.4. The van der Waals surface area contributed by atoms with E-state index in [1.165, 1.54) is 22.8 Å². The Balaban J connectivity index is 0.00000562. The normalized spacial score (nSPS) is 12.4. The minimum absolute atomic E-state index is 0. The third-order valence-corrected chi connectivity index (χ3v) is 12.2. The summed E-state index contributed by atoms with van der Waals surface area (Å²) in [5.74, 6) is -0.166. The molecular weight excluding hydrogens is 729 g/mol. The van der Waals surface area contributed by atoms with Gasteiger partial charge in [0.2, 0.25) is 5.91 Å². The van der Waals surface area contributed by atoms with E-state index < -0.39 is 7.26 Å². The molecule has 3 N–H and O–H groups in total. The van der Waals surface area contributed by atoms with E-state index in [1.54, 1.807) is 19.2 Å². The van der Waals surface area contributed by atoms with E-state index in [0.717, 1.165) is 5.56 Å². The maximum absolute atomic E-state index is 11.6. The molecule has 0 spiro atoms. The molecule has 8 nitrogen and oxygen atoms in total. The standard InChI is InChI=1S/C38H36N7OPS2.Cu/c1-28(46)41-31-25-23-30(24-26-31)36(42-44-37(48)39-2)35(29-15-7-3-8-16-29)43-45-38(49)40-27-47(32-17-9-4-10-18-32,33-19-11-5-12-20-33)34-21-13-6-14-22-34;/h3-26H,27H2,1-2H3,(H4-,39,40,41,42,43,44,45,46,48,49);/q;+2/p-1. The molecular formula is C38H35CuN7OPS2+. The van der Waals surface area contributed by atoms with Crippen LogP contribution in [-0.2, 0) is 47.1 Å². The summed E-state index contributed by atoms with van der Waals surface area (Å²) in [6.45, 7) is 1.46. The summed E-state index contributed by atoms with van der Waals surface area (Å²) in [4.78, 5) is 11.6. The molecule has 1 radical (unpaired) electrons. The Labute approximate surface area is 315 Å². The fourth-order valence-corrected chi connectivity index (χ4v) is 9.36. The van der Waals surface area contributed by atoms with Crippen LogP contribution < -0.4 is 31.9 Å². The van der Waals surface area contributed by atoms with Crippen LogP contribution in [0.3, 0.4) is 0 Å². The number of rotatable bonds is 11. The molecule has 0 atom stereocenters. The van der Waals surface area contributed by atoms with Crippen LogP contribution >= 0.6 is 7.26 Å². The molecule has 0 aliphatic carbocycles. The van der Waals surface area contributed by atoms with E-state index in [0.29, 0.717) is 29.0 Å². The molecule has 0 saturated heterocycles. The smallest absolute Gasteiger partial charge is 0.741 e. The van der Waals surface area contributed by atoms with Crippen LogP contribution in [0.4, 0.5) is 5.69 Å². The Morgan fingerprint density at radius 2 is 0.980 bits per heavy atom. The van der Waals surface area contributed by atoms with Gasteiger partial charge in [-0.25, -0.2) is 0 Å². The molecule has 0 fully saturated rings. The average Bonchev–Trinajstić information content (AvgIpc) is 3.15. The first-order valence-corrected chi connectivity index (χ1v) is 18.3. The first-order valence-electron chi connectivity index (χ1n) is 15.5. The topological polar surface area (TPSA) is 103 Å². The van der Waals surface area contributed by atoms with Crippen LogP contribution in [0.5, 0.6) is 0 Å². The molecule has 0 aromatic heterocycles. The predicted molar refractivity (Wildman–Crippen MR) is 212 cm³/mol. The van der Waals surface area contributed by atoms with Gasteiger partial charge in [0.05, 0.1) is 0 Å². The zero-order valence-electron chi connectivity index (χ0n) is 27.3. The number of nitrogens with zero attached hydrogens (tertiary/aromatic N) is 4. The summed E-state index contributed by atoms with van der Waals surface area (Å²) in [5.41, 5.74) is 2.95. The van der Waals surface area contributed by atoms with Crippen molar-refractivity contribution in [3.8, 4) is 0 Å². The van der Waals surface area contributed by atoms with Gasteiger partial charge in [-0.2, -0.15) is 10.2 Å². The fraction of sp³-hybridized carbons (Fsp3) is 0.0789. The van der Waals surface area contributed by atoms with Gasteiger partial charge < -0.3 is 41.2 Å². The molecule has 50 heavy (non-hydrogen) atoms. The van der Waals surface area contributed by atoms with Crippen LogP contribution in [0.25, 0.3) is 0 Å². The fourth-order valence-electron chi connectivity index (χ4n) is 5.23. The molecule has 0 aliphatic rings. The number of amides is 1. The second-order valence-electron chi connectivity index (χ2n) is 10.7. The SMILES string of the molecule is CN/C([S-])=N/N=C(/C(=N/N=C(\[S-])NC[P+](c1ccccc1)(c1ccccc1)c1ccccc1)c1ccccc1)c1ccc(NC(C)=O)cc1.[Cu+2]. The van der Waals surface area contributed by atoms with Crippen LogP contribution in [0.1, 0.15) is 18.1 Å². The first-order chi connectivity index (χ1) is 23.9. The molecule has 5 rings (SSSR count). The summed E-state index contributed by atoms with van der Waals surface area (Å²) < 4.78 is 0. The van der Waals surface area contributed by atoms with Crippen molar-refractivity contribution in [3.63, 3.8) is 0 Å². The van der Waals surface area contributed by atoms with Crippen molar-refractivity contribution in [3.05, 3.63) is 157 Å². The molecule has 255 valence electrons. The second-order valence-corrected chi connectivity index (χ2v) is 15.0. The van der Waals surface area contributed by atoms with Crippen molar-refractivity contribution < 1.29 is 21.9 Å². The van der Waals surface area contributed by atoms with E-state index in [1.807, 2.05) is 60.7 Å². The Morgan fingerprint density at radius 1 is 0.580 bits per heavy atom. The van der Waals surface area contributed by atoms with E-state index in [-0.39, 0.29) is 33.3 Å². The van der Waals surface area contributed by atoms with E-state index in [9.17, 15) is 4.79 Å². The van der Waals surface area contributed by atoms with Gasteiger partial charge in [-0.05, 0) is 53.7 Å². The molecule has 12 heteroatoms. The summed E-state index contributed by atoms with van der Waals surface area (Å²) in [5, 5.41) is 31.1. The zero-order chi connectivity index (χ0) is 34.5. The van der Waals surface area contributed by atoms with Crippen LogP contribution in [0.2, 0.25) is 0 Å². The van der Waals surface area contributed by atoms with Crippen molar-refractivity contribution in [2.75, 3.05) is 18.7 Å². The number of nitrogens with one attached hydrogen (secondary N) is 3. The van der Waals surface area contributed by atoms with Crippen molar-refractivity contribution in [1.82, 2.24) is 10.6 Å². The summed E-state index contributed by atoms with van der Waals surface area (Å²) >= 11 is 11.1. The maximum atomic E-state index is 11.6. The van der Waals surface area contributed by atoms with Gasteiger partial charge in [0.25, 0.3) is 0 Å². The zero-order valence-corrected chi connectivity index (χ0v) is 30.8. The van der Waals surface area contributed by atoms with Crippen molar-refractivity contribution in [1.29, 1.82) is 0 Å². The molecule has 5 aromatic carbocycles. The van der Waals surface area contributed by atoms with Crippen molar-refractivity contribution in [2.24, 2.45) is 20.4 Å². The van der Waals surface area contributed by atoms with Crippen molar-refractivity contribution in [2.45, 2.75) is 6.92 Å². The third kappa shape index (κ3) is 9.69. The average molecular weight is 764 g/mol. The number of hydrogen-bond donors (Lipinski definition) is 3. The summed E-state index contributed by atoms with van der Waals surface area (Å²) in [6.07, 6.45) is 0.529. The molecule has 0 heterocycles. The Hall–Kier alpha value is -4.76. The van der Waals surface area contributed by atoms with Crippen LogP contribution in [0.15, 0.2) is 166 Å². The number of anilines is 1. The predicted octanol–water partition coefficient (Wildman–Crippen LogP) is 5.32. The maximum Gasteiger partial charge on any atom is 2.00 e. The molecule has 0 saturated carbocycles. The van der Waals surface area contributed by atoms with E-state index in [4.69, 9.17) is 30.4 Å². The van der Waals surface area contributed by atoms with Gasteiger partial charge in [0.1, 0.15) is 40.9 Å². The first kappa shape index (κ1) is 38.0. The molecule has 5 aromatic rings. The van der Waals surface area contributed by atoms with Gasteiger partial charge in [-0.3, -0.25) is 4.79 Å². The largest absolute Gasteiger partial charge is 2.00 e. The van der Waals surface area contributed by atoms with Gasteiger partial charge in [0.15, 0.2) is 0 Å². The quantitative estimate of drug-likeness (QED) is 0.0423. The van der Waals surface area contributed by atoms with Crippen LogP contribution in [0, 0.1) is 0 Å². The molecule has 0 aliphatic heterocycles. The molecule has 0 unspecified atom stereocenters. The summed E-state index contributed by atoms with van der Waals surface area (Å²) in [7, 11) is -0.538. The number of amidine groups is 2. The second kappa shape index (κ2) is 18.9. The Kier molecular flexibility index (Phi) is 14.3. The Bertz CT molecular complexity index is 1860. The molecule has 0 bridgehead atoms. The number of benzene rings is 5. The Morgan fingerprint density at radius 3 is 1.40 bits per heavy atom. The van der Waals surface area contributed by atoms with Gasteiger partial charge in [0, 0.05) is 36.0 Å². The van der Waals surface area contributed by atoms with Gasteiger partial charge in [-0.1, -0.05) is 97.1 Å². The number of hydrogen-bond acceptors (Lipinski definition) is 7. The van der Waals surface area contributed by atoms with Crippen molar-refractivity contribution >= 4 is 81.8 Å². The van der Waals surface area contributed by atoms with E-state index >= 15 is 0 Å².